The van der Waals surface area contributed by atoms with Gasteiger partial charge in [-0.2, -0.15) is 0 Å². The van der Waals surface area contributed by atoms with Crippen molar-refractivity contribution in [2.24, 2.45) is 0 Å². The Kier molecular flexibility index (Phi) is 4.92. The van der Waals surface area contributed by atoms with Crippen LogP contribution in [0.4, 0.5) is 0 Å². The van der Waals surface area contributed by atoms with Gasteiger partial charge in [-0.15, -0.1) is 11.3 Å². The highest BCUT2D eigenvalue weighted by Gasteiger charge is 2.08. The average molecular weight is 350 g/mol. The molecule has 2 heterocycles. The summed E-state index contributed by atoms with van der Waals surface area (Å²) in [5.41, 5.74) is 1.02. The minimum atomic E-state index is -0.0260. The lowest BCUT2D eigenvalue weighted by atomic mass is 10.2. The Morgan fingerprint density at radius 3 is 2.86 bits per heavy atom. The normalized spacial score (nSPS) is 10.8. The lowest BCUT2D eigenvalue weighted by Gasteiger charge is -2.05. The van der Waals surface area contributed by atoms with Crippen molar-refractivity contribution < 1.29 is 4.79 Å². The van der Waals surface area contributed by atoms with Gasteiger partial charge in [0.25, 0.3) is 0 Å². The van der Waals surface area contributed by atoms with E-state index in [1.54, 1.807) is 11.3 Å². The first kappa shape index (κ1) is 15.3. The molecule has 0 saturated heterocycles. The second-order valence-corrected chi connectivity index (χ2v) is 6.81. The quantitative estimate of drug-likeness (QED) is 0.563. The van der Waals surface area contributed by atoms with Crippen molar-refractivity contribution in [3.8, 4) is 0 Å². The van der Waals surface area contributed by atoms with Crippen molar-refractivity contribution in [2.75, 3.05) is 5.75 Å². The zero-order chi connectivity index (χ0) is 15.4. The van der Waals surface area contributed by atoms with E-state index in [1.165, 1.54) is 18.1 Å². The molecular formula is C15H12ClN3OS2. The number of hydrogen-bond donors (Lipinski definition) is 1. The Bertz CT molecular complexity index is 789. The number of carbonyl (C=O) groups excluding carboxylic acids is 1. The highest BCUT2D eigenvalue weighted by atomic mass is 35.5. The van der Waals surface area contributed by atoms with Crippen molar-refractivity contribution in [3.05, 3.63) is 52.6 Å². The van der Waals surface area contributed by atoms with Crippen molar-refractivity contribution in [3.63, 3.8) is 0 Å². The van der Waals surface area contributed by atoms with Gasteiger partial charge in [0, 0.05) is 17.0 Å². The third-order valence-electron chi connectivity index (χ3n) is 2.97. The molecule has 0 bridgehead atoms. The number of thiophene rings is 1. The van der Waals surface area contributed by atoms with Gasteiger partial charge in [-0.1, -0.05) is 35.5 Å². The van der Waals surface area contributed by atoms with Crippen LogP contribution in [0.25, 0.3) is 10.2 Å². The van der Waals surface area contributed by atoms with Crippen molar-refractivity contribution >= 4 is 50.8 Å². The van der Waals surface area contributed by atoms with Gasteiger partial charge in [-0.25, -0.2) is 9.97 Å². The van der Waals surface area contributed by atoms with Crippen LogP contribution < -0.4 is 5.32 Å². The number of fused-ring (bicyclic) bond motifs is 1. The van der Waals surface area contributed by atoms with Gasteiger partial charge in [0.15, 0.2) is 0 Å². The van der Waals surface area contributed by atoms with Crippen LogP contribution in [0.1, 0.15) is 5.56 Å². The van der Waals surface area contributed by atoms with Gasteiger partial charge in [-0.05, 0) is 29.1 Å². The van der Waals surface area contributed by atoms with Crippen LogP contribution >= 0.6 is 34.7 Å². The Morgan fingerprint density at radius 1 is 1.23 bits per heavy atom. The molecule has 0 aliphatic heterocycles. The molecule has 1 aromatic carbocycles. The lowest BCUT2D eigenvalue weighted by Crippen LogP contribution is -2.24. The molecule has 1 amide bonds. The molecule has 112 valence electrons. The molecular weight excluding hydrogens is 338 g/mol. The number of hydrogen-bond acceptors (Lipinski definition) is 5. The Hall–Kier alpha value is -1.63. The molecule has 4 nitrogen and oxygen atoms in total. The number of amides is 1. The molecule has 0 aliphatic rings. The topological polar surface area (TPSA) is 54.9 Å². The average Bonchev–Trinajstić information content (AvgIpc) is 3.01. The Morgan fingerprint density at radius 2 is 2.05 bits per heavy atom. The minimum Gasteiger partial charge on any atom is -0.351 e. The maximum Gasteiger partial charge on any atom is 0.230 e. The highest BCUT2D eigenvalue weighted by molar-refractivity contribution is 8.00. The molecule has 0 radical (unpaired) electrons. The van der Waals surface area contributed by atoms with E-state index >= 15 is 0 Å². The monoisotopic (exact) mass is 349 g/mol. The van der Waals surface area contributed by atoms with Crippen molar-refractivity contribution in [1.29, 1.82) is 0 Å². The van der Waals surface area contributed by atoms with E-state index in [-0.39, 0.29) is 5.91 Å². The van der Waals surface area contributed by atoms with Crippen LogP contribution in [0.5, 0.6) is 0 Å². The molecule has 3 aromatic rings. The van der Waals surface area contributed by atoms with Crippen LogP contribution in [-0.4, -0.2) is 21.6 Å². The van der Waals surface area contributed by atoms with Crippen LogP contribution in [0.3, 0.4) is 0 Å². The van der Waals surface area contributed by atoms with Gasteiger partial charge >= 0.3 is 0 Å². The summed E-state index contributed by atoms with van der Waals surface area (Å²) in [5.74, 6) is 0.303. The van der Waals surface area contributed by atoms with Crippen LogP contribution in [-0.2, 0) is 11.3 Å². The first-order chi connectivity index (χ1) is 10.7. The van der Waals surface area contributed by atoms with Gasteiger partial charge in [-0.3, -0.25) is 4.79 Å². The summed E-state index contributed by atoms with van der Waals surface area (Å²) in [6.45, 7) is 0.494. The SMILES string of the molecule is O=C(CSc1ncnc2sccc12)NCc1ccc(Cl)cc1. The second kappa shape index (κ2) is 7.09. The molecule has 0 atom stereocenters. The molecule has 0 fully saturated rings. The number of nitrogens with one attached hydrogen (secondary N) is 1. The van der Waals surface area contributed by atoms with Gasteiger partial charge < -0.3 is 5.32 Å². The van der Waals surface area contributed by atoms with E-state index in [9.17, 15) is 4.79 Å². The fraction of sp³-hybridized carbons (Fsp3) is 0.133. The summed E-state index contributed by atoms with van der Waals surface area (Å²) in [5, 5.41) is 7.40. The highest BCUT2D eigenvalue weighted by Crippen LogP contribution is 2.27. The standard InChI is InChI=1S/C15H12ClN3OS2/c16-11-3-1-10(2-4-11)7-17-13(20)8-22-15-12-5-6-21-14(12)18-9-19-15/h1-6,9H,7-8H2,(H,17,20). The number of carbonyl (C=O) groups is 1. The lowest BCUT2D eigenvalue weighted by molar-refractivity contribution is -0.118. The number of aromatic nitrogens is 2. The summed E-state index contributed by atoms with van der Waals surface area (Å²) < 4.78 is 0. The Labute approximate surface area is 140 Å². The van der Waals surface area contributed by atoms with E-state index in [0.29, 0.717) is 17.3 Å². The molecule has 0 unspecified atom stereocenters. The number of benzene rings is 1. The van der Waals surface area contributed by atoms with Crippen molar-refractivity contribution in [1.82, 2.24) is 15.3 Å². The fourth-order valence-corrected chi connectivity index (χ4v) is 3.61. The van der Waals surface area contributed by atoms with Crippen LogP contribution in [0.2, 0.25) is 5.02 Å². The Balaban J connectivity index is 1.54. The third kappa shape index (κ3) is 3.76. The fourth-order valence-electron chi connectivity index (χ4n) is 1.87. The zero-order valence-corrected chi connectivity index (χ0v) is 13.8. The number of halogens is 1. The van der Waals surface area contributed by atoms with E-state index < -0.39 is 0 Å². The number of thioether (sulfide) groups is 1. The zero-order valence-electron chi connectivity index (χ0n) is 11.5. The summed E-state index contributed by atoms with van der Waals surface area (Å²) in [6, 6.07) is 9.40. The number of rotatable bonds is 5. The predicted molar refractivity (Wildman–Crippen MR) is 91.4 cm³/mol. The smallest absolute Gasteiger partial charge is 0.230 e. The maximum absolute atomic E-state index is 11.9. The minimum absolute atomic E-state index is 0.0260. The summed E-state index contributed by atoms with van der Waals surface area (Å²) in [6.07, 6.45) is 1.53. The van der Waals surface area contributed by atoms with Crippen LogP contribution in [0.15, 0.2) is 47.1 Å². The van der Waals surface area contributed by atoms with Gasteiger partial charge in [0.2, 0.25) is 5.91 Å². The van der Waals surface area contributed by atoms with E-state index in [0.717, 1.165) is 20.8 Å². The largest absolute Gasteiger partial charge is 0.351 e. The van der Waals surface area contributed by atoms with Crippen molar-refractivity contribution in [2.45, 2.75) is 11.6 Å². The second-order valence-electron chi connectivity index (χ2n) is 4.51. The van der Waals surface area contributed by atoms with Gasteiger partial charge in [0.05, 0.1) is 5.75 Å². The molecule has 2 aromatic heterocycles. The molecule has 0 saturated carbocycles. The molecule has 7 heteroatoms. The number of nitrogens with zero attached hydrogens (tertiary/aromatic N) is 2. The summed E-state index contributed by atoms with van der Waals surface area (Å²) in [4.78, 5) is 21.3. The molecule has 3 rings (SSSR count). The third-order valence-corrected chi connectivity index (χ3v) is 5.05. The molecule has 1 N–H and O–H groups in total. The van der Waals surface area contributed by atoms with E-state index in [2.05, 4.69) is 15.3 Å². The van der Waals surface area contributed by atoms with E-state index in [1.807, 2.05) is 35.7 Å². The van der Waals surface area contributed by atoms with Crippen LogP contribution in [0, 0.1) is 0 Å². The molecule has 0 aliphatic carbocycles. The molecule has 22 heavy (non-hydrogen) atoms. The summed E-state index contributed by atoms with van der Waals surface area (Å²) >= 11 is 8.82. The predicted octanol–water partition coefficient (Wildman–Crippen LogP) is 3.75. The van der Waals surface area contributed by atoms with E-state index in [4.69, 9.17) is 11.6 Å². The first-order valence-electron chi connectivity index (χ1n) is 6.54. The van der Waals surface area contributed by atoms with Gasteiger partial charge in [0.1, 0.15) is 16.2 Å². The summed E-state index contributed by atoms with van der Waals surface area (Å²) in [7, 11) is 0. The molecule has 0 spiro atoms. The maximum atomic E-state index is 11.9. The first-order valence-corrected chi connectivity index (χ1v) is 8.79.